The summed E-state index contributed by atoms with van der Waals surface area (Å²) in [5.74, 6) is -0.443. The van der Waals surface area contributed by atoms with Crippen LogP contribution in [0.3, 0.4) is 0 Å². The molecule has 2 aliphatic rings. The number of nitrogens with zero attached hydrogens (tertiary/aromatic N) is 6. The molecule has 3 N–H and O–H groups in total. The zero-order valence-corrected chi connectivity index (χ0v) is 23.8. The maximum absolute atomic E-state index is 15.1. The summed E-state index contributed by atoms with van der Waals surface area (Å²) in [7, 11) is 3.68. The van der Waals surface area contributed by atoms with Crippen molar-refractivity contribution in [2.75, 3.05) is 70.8 Å². The van der Waals surface area contributed by atoms with Crippen LogP contribution in [-0.2, 0) is 14.3 Å². The maximum Gasteiger partial charge on any atom is 0.244 e. The molecule has 1 amide bonds. The Labute approximate surface area is 243 Å². The number of hydrogen-bond donors (Lipinski definition) is 3. The van der Waals surface area contributed by atoms with E-state index in [1.54, 1.807) is 19.5 Å². The molecule has 2 saturated heterocycles. The van der Waals surface area contributed by atoms with Crippen LogP contribution in [0.15, 0.2) is 43.0 Å². The Kier molecular flexibility index (Phi) is 8.42. The fraction of sp³-hybridized carbons (Fsp3) is 0.448. The monoisotopic (exact) mass is 577 g/mol. The van der Waals surface area contributed by atoms with E-state index in [9.17, 15) is 4.79 Å². The molecule has 222 valence electrons. The van der Waals surface area contributed by atoms with Crippen molar-refractivity contribution in [1.29, 1.82) is 0 Å². The third kappa shape index (κ3) is 6.00. The summed E-state index contributed by atoms with van der Waals surface area (Å²) >= 11 is 0. The quantitative estimate of drug-likeness (QED) is 0.275. The van der Waals surface area contributed by atoms with Gasteiger partial charge in [-0.05, 0) is 26.0 Å². The van der Waals surface area contributed by atoms with E-state index in [1.165, 1.54) is 0 Å². The molecular formula is C29H36FN9O3. The third-order valence-corrected chi connectivity index (χ3v) is 8.00. The largest absolute Gasteiger partial charge is 0.383 e. The van der Waals surface area contributed by atoms with Gasteiger partial charge in [-0.25, -0.2) is 14.4 Å². The molecule has 13 heteroatoms. The summed E-state index contributed by atoms with van der Waals surface area (Å²) in [5.41, 5.74) is 2.71. The van der Waals surface area contributed by atoms with Crippen molar-refractivity contribution in [2.45, 2.75) is 24.9 Å². The van der Waals surface area contributed by atoms with Crippen molar-refractivity contribution < 1.29 is 18.7 Å². The smallest absolute Gasteiger partial charge is 0.244 e. The number of piperazine rings is 1. The first-order chi connectivity index (χ1) is 20.5. The zero-order valence-electron chi connectivity index (χ0n) is 23.8. The molecule has 42 heavy (non-hydrogen) atoms. The molecule has 0 bridgehead atoms. The molecule has 12 nitrogen and oxygen atoms in total. The number of aromatic nitrogens is 5. The standard InChI is InChI=1S/C29H36FN9O3/c1-37-8-10-38(11-9-37)25(18-41-2)28(40)35-24-5-3-4-21-22(15-31-27(21)24)26-23(30)16-32-29(36-26)34-19-14-33-39(17-19)20-6-12-42-13-7-20/h3-5,14-17,20,25,31H,6-13,18H2,1-2H3,(H,35,40)(H,32,34,36)/t25-/m1/s1. The first-order valence-electron chi connectivity index (χ1n) is 14.2. The summed E-state index contributed by atoms with van der Waals surface area (Å²) in [6.45, 7) is 5.08. The number of nitrogens with one attached hydrogen (secondary N) is 3. The number of amides is 1. The minimum absolute atomic E-state index is 0.147. The van der Waals surface area contributed by atoms with Crippen LogP contribution in [0, 0.1) is 5.82 Å². The second-order valence-corrected chi connectivity index (χ2v) is 10.8. The Morgan fingerprint density at radius 1 is 1.21 bits per heavy atom. The second kappa shape index (κ2) is 12.5. The fourth-order valence-corrected chi connectivity index (χ4v) is 5.61. The van der Waals surface area contributed by atoms with Crippen molar-refractivity contribution in [2.24, 2.45) is 0 Å². The number of likely N-dealkylation sites (N-methyl/N-ethyl adjacent to an activating group) is 1. The number of benzene rings is 1. The van der Waals surface area contributed by atoms with Gasteiger partial charge in [0.05, 0.1) is 41.9 Å². The molecule has 1 atom stereocenters. The molecule has 0 aliphatic carbocycles. The Hall–Kier alpha value is -3.91. The van der Waals surface area contributed by atoms with Gasteiger partial charge in [0.2, 0.25) is 11.9 Å². The van der Waals surface area contributed by atoms with Gasteiger partial charge in [-0.1, -0.05) is 12.1 Å². The molecule has 0 spiro atoms. The van der Waals surface area contributed by atoms with Gasteiger partial charge < -0.3 is 30.0 Å². The number of aromatic amines is 1. The molecule has 2 fully saturated rings. The van der Waals surface area contributed by atoms with E-state index < -0.39 is 11.9 Å². The lowest BCUT2D eigenvalue weighted by Crippen LogP contribution is -2.54. The number of fused-ring (bicyclic) bond motifs is 1. The highest BCUT2D eigenvalue weighted by atomic mass is 19.1. The molecule has 3 aromatic heterocycles. The van der Waals surface area contributed by atoms with Gasteiger partial charge in [0, 0.05) is 69.8 Å². The van der Waals surface area contributed by atoms with Gasteiger partial charge in [-0.3, -0.25) is 14.4 Å². The van der Waals surface area contributed by atoms with E-state index in [1.807, 2.05) is 29.1 Å². The lowest BCUT2D eigenvalue weighted by molar-refractivity contribution is -0.124. The average Bonchev–Trinajstić information content (AvgIpc) is 3.66. The van der Waals surface area contributed by atoms with Gasteiger partial charge in [0.25, 0.3) is 0 Å². The number of halogens is 1. The Balaban J connectivity index is 1.22. The highest BCUT2D eigenvalue weighted by Crippen LogP contribution is 2.33. The minimum atomic E-state index is -0.552. The average molecular weight is 578 g/mol. The van der Waals surface area contributed by atoms with Crippen LogP contribution in [0.4, 0.5) is 21.7 Å². The summed E-state index contributed by atoms with van der Waals surface area (Å²) < 4.78 is 27.9. The van der Waals surface area contributed by atoms with Crippen molar-refractivity contribution in [3.63, 3.8) is 0 Å². The zero-order chi connectivity index (χ0) is 29.1. The van der Waals surface area contributed by atoms with Gasteiger partial charge in [0.15, 0.2) is 5.82 Å². The van der Waals surface area contributed by atoms with Crippen LogP contribution in [0.2, 0.25) is 0 Å². The first kappa shape index (κ1) is 28.2. The number of carbonyl (C=O) groups excluding carboxylic acids is 1. The van der Waals surface area contributed by atoms with Gasteiger partial charge in [-0.15, -0.1) is 0 Å². The molecule has 2 aliphatic heterocycles. The summed E-state index contributed by atoms with van der Waals surface area (Å²) in [6.07, 6.45) is 8.28. The topological polar surface area (TPSA) is 125 Å². The molecule has 0 radical (unpaired) electrons. The number of methoxy groups -OCH3 is 1. The van der Waals surface area contributed by atoms with Crippen LogP contribution >= 0.6 is 0 Å². The third-order valence-electron chi connectivity index (χ3n) is 8.00. The van der Waals surface area contributed by atoms with E-state index in [0.29, 0.717) is 22.5 Å². The minimum Gasteiger partial charge on any atom is -0.383 e. The molecule has 5 heterocycles. The highest BCUT2D eigenvalue weighted by Gasteiger charge is 2.29. The van der Waals surface area contributed by atoms with E-state index in [0.717, 1.165) is 63.8 Å². The number of rotatable bonds is 9. The van der Waals surface area contributed by atoms with Crippen LogP contribution in [0.5, 0.6) is 0 Å². The molecule has 1 aromatic carbocycles. The number of hydrogen-bond acceptors (Lipinski definition) is 9. The predicted molar refractivity (Wildman–Crippen MR) is 157 cm³/mol. The molecule has 4 aromatic rings. The van der Waals surface area contributed by atoms with Crippen LogP contribution < -0.4 is 10.6 Å². The molecule has 6 rings (SSSR count). The van der Waals surface area contributed by atoms with Crippen LogP contribution in [-0.4, -0.2) is 107 Å². The number of ether oxygens (including phenoxy) is 2. The highest BCUT2D eigenvalue weighted by molar-refractivity contribution is 6.06. The maximum atomic E-state index is 15.1. The van der Waals surface area contributed by atoms with Crippen LogP contribution in [0.25, 0.3) is 22.2 Å². The van der Waals surface area contributed by atoms with Crippen molar-refractivity contribution >= 4 is 34.1 Å². The van der Waals surface area contributed by atoms with Crippen molar-refractivity contribution in [3.8, 4) is 11.3 Å². The van der Waals surface area contributed by atoms with Gasteiger partial charge in [0.1, 0.15) is 11.7 Å². The predicted octanol–water partition coefficient (Wildman–Crippen LogP) is 3.26. The van der Waals surface area contributed by atoms with Crippen molar-refractivity contribution in [1.82, 2.24) is 34.5 Å². The number of carbonyl (C=O) groups is 1. The molecular weight excluding hydrogens is 541 g/mol. The van der Waals surface area contributed by atoms with E-state index in [4.69, 9.17) is 9.47 Å². The van der Waals surface area contributed by atoms with Crippen molar-refractivity contribution in [3.05, 3.63) is 48.8 Å². The second-order valence-electron chi connectivity index (χ2n) is 10.8. The van der Waals surface area contributed by atoms with Crippen LogP contribution in [0.1, 0.15) is 18.9 Å². The number of anilines is 3. The lowest BCUT2D eigenvalue weighted by atomic mass is 10.1. The van der Waals surface area contributed by atoms with Gasteiger partial charge >= 0.3 is 0 Å². The normalized spacial score (nSPS) is 17.9. The fourth-order valence-electron chi connectivity index (χ4n) is 5.61. The SMILES string of the molecule is COC[C@H](C(=O)Nc1cccc2c(-c3nc(Nc4cnn(C5CCOCC5)c4)ncc3F)c[nH]c12)N1CCN(C)CC1. The Morgan fingerprint density at radius 2 is 2.02 bits per heavy atom. The summed E-state index contributed by atoms with van der Waals surface area (Å²) in [6, 6.07) is 5.40. The summed E-state index contributed by atoms with van der Waals surface area (Å²) in [5, 5.41) is 11.4. The van der Waals surface area contributed by atoms with E-state index in [-0.39, 0.29) is 30.2 Å². The number of para-hydroxylation sites is 1. The van der Waals surface area contributed by atoms with Gasteiger partial charge in [-0.2, -0.15) is 5.10 Å². The first-order valence-corrected chi connectivity index (χ1v) is 14.2. The Bertz CT molecular complexity index is 1530. The summed E-state index contributed by atoms with van der Waals surface area (Å²) in [4.78, 5) is 29.7. The lowest BCUT2D eigenvalue weighted by Gasteiger charge is -2.36. The molecule has 0 saturated carbocycles. The van der Waals surface area contributed by atoms with E-state index in [2.05, 4.69) is 47.5 Å². The number of H-pyrrole nitrogens is 1. The molecule has 0 unspecified atom stereocenters. The van der Waals surface area contributed by atoms with E-state index >= 15 is 4.39 Å². The Morgan fingerprint density at radius 3 is 2.81 bits per heavy atom.